The maximum absolute atomic E-state index is 13.8. The molecular weight excluding hydrogens is 270 g/mol. The molecule has 1 nitrogen and oxygen atoms in total. The van der Waals surface area contributed by atoms with E-state index in [4.69, 9.17) is 0 Å². The maximum Gasteiger partial charge on any atom is 0.199 e. The Bertz CT molecular complexity index is 626. The van der Waals surface area contributed by atoms with Crippen molar-refractivity contribution < 1.29 is 17.6 Å². The van der Waals surface area contributed by atoms with Crippen LogP contribution < -0.4 is 4.90 Å². The van der Waals surface area contributed by atoms with Crippen molar-refractivity contribution in [2.45, 2.75) is 0 Å². The summed E-state index contributed by atoms with van der Waals surface area (Å²) in [6.07, 6.45) is 1.43. The molecule has 0 amide bonds. The molecule has 2 aromatic carbocycles. The number of hydrogen-bond acceptors (Lipinski definition) is 1. The summed E-state index contributed by atoms with van der Waals surface area (Å²) >= 11 is 0. The number of para-hydroxylation sites is 1. The van der Waals surface area contributed by atoms with Gasteiger partial charge in [-0.1, -0.05) is 24.3 Å². The zero-order chi connectivity index (χ0) is 14.7. The minimum atomic E-state index is -1.88. The topological polar surface area (TPSA) is 3.24 Å². The van der Waals surface area contributed by atoms with Crippen LogP contribution in [0.15, 0.2) is 43.0 Å². The lowest BCUT2D eigenvalue weighted by atomic mass is 10.2. The van der Waals surface area contributed by atoms with Gasteiger partial charge in [0.15, 0.2) is 23.3 Å². The zero-order valence-corrected chi connectivity index (χ0v) is 10.3. The van der Waals surface area contributed by atoms with Gasteiger partial charge in [-0.15, -0.1) is 6.58 Å². The molecule has 0 bridgehead atoms. The quantitative estimate of drug-likeness (QED) is 0.348. The van der Waals surface area contributed by atoms with E-state index in [1.807, 2.05) is 6.07 Å². The fraction of sp³-hybridized carbons (Fsp3) is 0.0667. The molecule has 0 aliphatic carbocycles. The average molecular weight is 280 g/mol. The van der Waals surface area contributed by atoms with Crippen molar-refractivity contribution in [3.63, 3.8) is 0 Å². The normalized spacial score (nSPS) is 10.4. The lowest BCUT2D eigenvalue weighted by molar-refractivity contribution is 0.409. The van der Waals surface area contributed by atoms with Crippen molar-refractivity contribution in [1.82, 2.24) is 0 Å². The van der Waals surface area contributed by atoms with Gasteiger partial charge in [0.2, 0.25) is 0 Å². The highest BCUT2D eigenvalue weighted by Gasteiger charge is 2.23. The van der Waals surface area contributed by atoms with E-state index in [1.165, 1.54) is 11.0 Å². The second kappa shape index (κ2) is 5.77. The van der Waals surface area contributed by atoms with Gasteiger partial charge in [-0.2, -0.15) is 0 Å². The number of nitrogens with zero attached hydrogens (tertiary/aromatic N) is 1. The summed E-state index contributed by atoms with van der Waals surface area (Å²) in [6, 6.07) is 10.2. The Balaban J connectivity index is 2.59. The maximum atomic E-state index is 13.8. The minimum absolute atomic E-state index is 0.0853. The third-order valence-corrected chi connectivity index (χ3v) is 2.66. The standard InChI is InChI=1S/C15H10F4N/c1-2-8-20(10-6-4-3-5-7-10)12-9-11(16)13(17)15(19)14(12)18/h2-7H,1,8H2. The minimum Gasteiger partial charge on any atom is -0.335 e. The predicted molar refractivity (Wildman–Crippen MR) is 68.8 cm³/mol. The van der Waals surface area contributed by atoms with Crippen LogP contribution in [0.4, 0.5) is 28.9 Å². The Kier molecular flexibility index (Phi) is 4.08. The van der Waals surface area contributed by atoms with Crippen LogP contribution in [0.3, 0.4) is 0 Å². The second-order valence-electron chi connectivity index (χ2n) is 3.96. The number of benzene rings is 2. The van der Waals surface area contributed by atoms with Gasteiger partial charge in [-0.25, -0.2) is 17.6 Å². The molecule has 0 spiro atoms. The summed E-state index contributed by atoms with van der Waals surface area (Å²) in [5.41, 5.74) is -0.0274. The molecule has 2 aromatic rings. The number of hydrogen-bond donors (Lipinski definition) is 0. The summed E-state index contributed by atoms with van der Waals surface area (Å²) in [7, 11) is 0. The average Bonchev–Trinajstić information content (AvgIpc) is 2.47. The lowest BCUT2D eigenvalue weighted by Gasteiger charge is -2.24. The van der Waals surface area contributed by atoms with E-state index in [2.05, 4.69) is 6.58 Å². The molecule has 1 radical (unpaired) electrons. The fourth-order valence-corrected chi connectivity index (χ4v) is 1.76. The molecule has 5 heteroatoms. The Morgan fingerprint density at radius 2 is 1.65 bits per heavy atom. The van der Waals surface area contributed by atoms with Crippen molar-refractivity contribution in [3.05, 3.63) is 72.3 Å². The van der Waals surface area contributed by atoms with Gasteiger partial charge in [-0.3, -0.25) is 0 Å². The molecule has 0 fully saturated rings. The first-order valence-corrected chi connectivity index (χ1v) is 5.75. The van der Waals surface area contributed by atoms with Gasteiger partial charge in [-0.05, 0) is 12.1 Å². The van der Waals surface area contributed by atoms with Gasteiger partial charge in [0.05, 0.1) is 11.8 Å². The predicted octanol–water partition coefficient (Wildman–Crippen LogP) is 4.37. The molecular formula is C15H10F4N. The van der Waals surface area contributed by atoms with Crippen LogP contribution in [0.5, 0.6) is 0 Å². The molecule has 0 unspecified atom stereocenters. The summed E-state index contributed by atoms with van der Waals surface area (Å²) < 4.78 is 53.3. The molecule has 0 heterocycles. The van der Waals surface area contributed by atoms with E-state index in [0.717, 1.165) is 0 Å². The number of rotatable bonds is 4. The second-order valence-corrected chi connectivity index (χ2v) is 3.96. The fourth-order valence-electron chi connectivity index (χ4n) is 1.76. The first-order valence-electron chi connectivity index (χ1n) is 5.75. The van der Waals surface area contributed by atoms with Crippen molar-refractivity contribution in [2.75, 3.05) is 11.4 Å². The molecule has 103 valence electrons. The zero-order valence-electron chi connectivity index (χ0n) is 10.3. The van der Waals surface area contributed by atoms with Crippen LogP contribution in [-0.4, -0.2) is 6.54 Å². The van der Waals surface area contributed by atoms with Crippen molar-refractivity contribution >= 4 is 11.4 Å². The van der Waals surface area contributed by atoms with E-state index in [0.29, 0.717) is 5.69 Å². The molecule has 0 aliphatic rings. The lowest BCUT2D eigenvalue weighted by Crippen LogP contribution is -2.19. The molecule has 2 rings (SSSR count). The first kappa shape index (κ1) is 14.1. The molecule has 0 N–H and O–H groups in total. The number of halogens is 4. The smallest absolute Gasteiger partial charge is 0.199 e. The summed E-state index contributed by atoms with van der Waals surface area (Å²) in [6.45, 7) is 3.59. The first-order chi connectivity index (χ1) is 9.56. The molecule has 0 atom stereocenters. The Hall–Kier alpha value is -2.30. The van der Waals surface area contributed by atoms with Gasteiger partial charge < -0.3 is 4.90 Å². The van der Waals surface area contributed by atoms with Crippen LogP contribution in [0.2, 0.25) is 0 Å². The van der Waals surface area contributed by atoms with Gasteiger partial charge in [0.1, 0.15) is 0 Å². The Morgan fingerprint density at radius 3 is 2.25 bits per heavy atom. The Labute approximate surface area is 113 Å². The van der Waals surface area contributed by atoms with E-state index in [1.54, 1.807) is 30.3 Å². The highest BCUT2D eigenvalue weighted by molar-refractivity contribution is 5.64. The van der Waals surface area contributed by atoms with Crippen LogP contribution in [0.25, 0.3) is 0 Å². The highest BCUT2D eigenvalue weighted by atomic mass is 19.2. The van der Waals surface area contributed by atoms with E-state index >= 15 is 0 Å². The molecule has 0 saturated heterocycles. The van der Waals surface area contributed by atoms with E-state index < -0.39 is 29.0 Å². The largest absolute Gasteiger partial charge is 0.335 e. The van der Waals surface area contributed by atoms with E-state index in [9.17, 15) is 17.6 Å². The van der Waals surface area contributed by atoms with Crippen LogP contribution in [0.1, 0.15) is 0 Å². The van der Waals surface area contributed by atoms with Gasteiger partial charge >= 0.3 is 0 Å². The molecule has 0 saturated carbocycles. The molecule has 0 aromatic heterocycles. The summed E-state index contributed by atoms with van der Waals surface area (Å²) in [5, 5.41) is 0. The summed E-state index contributed by atoms with van der Waals surface area (Å²) in [5.74, 6) is -6.79. The third-order valence-electron chi connectivity index (χ3n) is 2.66. The summed E-state index contributed by atoms with van der Waals surface area (Å²) in [4.78, 5) is 1.24. The van der Waals surface area contributed by atoms with Crippen molar-refractivity contribution in [1.29, 1.82) is 0 Å². The van der Waals surface area contributed by atoms with Crippen molar-refractivity contribution in [3.8, 4) is 0 Å². The third kappa shape index (κ3) is 2.52. The van der Waals surface area contributed by atoms with Crippen LogP contribution >= 0.6 is 0 Å². The number of anilines is 2. The van der Waals surface area contributed by atoms with Gasteiger partial charge in [0, 0.05) is 12.2 Å². The SMILES string of the molecule is C=CCN(c1ccccc1)c1[c]c(F)c(F)c(F)c1F. The monoisotopic (exact) mass is 280 g/mol. The molecule has 0 aliphatic heterocycles. The van der Waals surface area contributed by atoms with E-state index in [-0.39, 0.29) is 6.54 Å². The van der Waals surface area contributed by atoms with Crippen LogP contribution in [-0.2, 0) is 0 Å². The van der Waals surface area contributed by atoms with Gasteiger partial charge in [0.25, 0.3) is 0 Å². The van der Waals surface area contributed by atoms with Crippen molar-refractivity contribution in [2.24, 2.45) is 0 Å². The Morgan fingerprint density at radius 1 is 1.00 bits per heavy atom. The molecule has 20 heavy (non-hydrogen) atoms. The highest BCUT2D eigenvalue weighted by Crippen LogP contribution is 2.30. The van der Waals surface area contributed by atoms with Crippen LogP contribution in [0, 0.1) is 29.3 Å².